The highest BCUT2D eigenvalue weighted by Gasteiger charge is 2.63. The number of rotatable bonds is 2. The monoisotopic (exact) mass is 382 g/mol. The van der Waals surface area contributed by atoms with Crippen LogP contribution in [0.1, 0.15) is 27.9 Å². The van der Waals surface area contributed by atoms with Crippen molar-refractivity contribution in [2.24, 2.45) is 5.10 Å². The van der Waals surface area contributed by atoms with E-state index in [0.29, 0.717) is 5.56 Å². The van der Waals surface area contributed by atoms with Crippen LogP contribution >= 0.6 is 11.6 Å². The van der Waals surface area contributed by atoms with Crippen molar-refractivity contribution in [2.45, 2.75) is 25.2 Å². The number of halogens is 4. The zero-order valence-corrected chi connectivity index (χ0v) is 14.3. The third-order valence-corrected chi connectivity index (χ3v) is 4.32. The van der Waals surface area contributed by atoms with E-state index in [0.717, 1.165) is 5.56 Å². The molecule has 0 aliphatic carbocycles. The Bertz CT molecular complexity index is 881. The Kier molecular flexibility index (Phi) is 4.54. The molecule has 0 saturated heterocycles. The minimum Gasteiger partial charge on any atom is -0.362 e. The number of nitrogens with zero attached hydrogens (tertiary/aromatic N) is 2. The van der Waals surface area contributed by atoms with Crippen molar-refractivity contribution in [3.8, 4) is 0 Å². The quantitative estimate of drug-likeness (QED) is 0.848. The summed E-state index contributed by atoms with van der Waals surface area (Å²) in [5.74, 6) is -1.09. The van der Waals surface area contributed by atoms with E-state index in [9.17, 15) is 23.1 Å². The van der Waals surface area contributed by atoms with Crippen LogP contribution in [0.4, 0.5) is 13.2 Å². The molecule has 2 aromatic rings. The fourth-order valence-electron chi connectivity index (χ4n) is 2.63. The topological polar surface area (TPSA) is 52.9 Å². The summed E-state index contributed by atoms with van der Waals surface area (Å²) in [6, 6.07) is 12.1. The van der Waals surface area contributed by atoms with Crippen LogP contribution in [0.25, 0.3) is 0 Å². The SMILES string of the molecule is Cc1ccc(C2=NN(C(=O)c3cccc(Cl)c3)[C@](O)(C(F)(F)F)C2)cc1. The summed E-state index contributed by atoms with van der Waals surface area (Å²) in [5.41, 5.74) is -2.23. The van der Waals surface area contributed by atoms with Crippen LogP contribution in [0.2, 0.25) is 5.02 Å². The number of hydrazone groups is 1. The molecule has 1 heterocycles. The van der Waals surface area contributed by atoms with Gasteiger partial charge in [0.2, 0.25) is 0 Å². The van der Waals surface area contributed by atoms with E-state index in [-0.39, 0.29) is 21.3 Å². The molecule has 8 heteroatoms. The number of hydrogen-bond donors (Lipinski definition) is 1. The minimum atomic E-state index is -5.09. The molecule has 3 rings (SSSR count). The third-order valence-electron chi connectivity index (χ3n) is 4.09. The van der Waals surface area contributed by atoms with Crippen LogP contribution in [-0.2, 0) is 0 Å². The molecule has 0 fully saturated rings. The lowest BCUT2D eigenvalue weighted by atomic mass is 10.00. The van der Waals surface area contributed by atoms with Crippen molar-refractivity contribution in [3.05, 3.63) is 70.2 Å². The lowest BCUT2D eigenvalue weighted by Crippen LogP contribution is -2.56. The summed E-state index contributed by atoms with van der Waals surface area (Å²) in [4.78, 5) is 12.6. The molecule has 0 saturated carbocycles. The Morgan fingerprint density at radius 2 is 1.88 bits per heavy atom. The van der Waals surface area contributed by atoms with Crippen molar-refractivity contribution in [2.75, 3.05) is 0 Å². The first-order valence-electron chi connectivity index (χ1n) is 7.65. The van der Waals surface area contributed by atoms with E-state index in [1.54, 1.807) is 24.3 Å². The van der Waals surface area contributed by atoms with Crippen molar-refractivity contribution < 1.29 is 23.1 Å². The van der Waals surface area contributed by atoms with Crippen LogP contribution in [0.5, 0.6) is 0 Å². The molecule has 1 atom stereocenters. The average molecular weight is 383 g/mol. The van der Waals surface area contributed by atoms with E-state index in [1.807, 2.05) is 6.92 Å². The molecule has 0 bridgehead atoms. The van der Waals surface area contributed by atoms with Gasteiger partial charge in [0.15, 0.2) is 0 Å². The lowest BCUT2D eigenvalue weighted by molar-refractivity contribution is -0.297. The Hall–Kier alpha value is -2.38. The van der Waals surface area contributed by atoms with Gasteiger partial charge in [-0.05, 0) is 30.7 Å². The van der Waals surface area contributed by atoms with E-state index >= 15 is 0 Å². The fourth-order valence-corrected chi connectivity index (χ4v) is 2.82. The Labute approximate surface area is 152 Å². The van der Waals surface area contributed by atoms with Gasteiger partial charge in [-0.3, -0.25) is 4.79 Å². The molecule has 0 aromatic heterocycles. The van der Waals surface area contributed by atoms with Gasteiger partial charge in [-0.2, -0.15) is 23.3 Å². The maximum atomic E-state index is 13.6. The molecular weight excluding hydrogens is 369 g/mol. The molecule has 1 aliphatic heterocycles. The molecule has 1 N–H and O–H groups in total. The van der Waals surface area contributed by atoms with Gasteiger partial charge in [-0.1, -0.05) is 47.5 Å². The minimum absolute atomic E-state index is 0.0276. The molecule has 0 spiro atoms. The first kappa shape index (κ1) is 18.4. The number of carbonyl (C=O) groups excluding carboxylic acids is 1. The van der Waals surface area contributed by atoms with E-state index < -0.39 is 24.2 Å². The maximum Gasteiger partial charge on any atom is 0.438 e. The van der Waals surface area contributed by atoms with Crippen LogP contribution in [0, 0.1) is 6.92 Å². The molecule has 1 amide bonds. The van der Waals surface area contributed by atoms with Crippen LogP contribution in [-0.4, -0.2) is 33.6 Å². The second kappa shape index (κ2) is 6.41. The predicted molar refractivity (Wildman–Crippen MR) is 91.0 cm³/mol. The second-order valence-corrected chi connectivity index (χ2v) is 6.47. The van der Waals surface area contributed by atoms with Crippen molar-refractivity contribution in [3.63, 3.8) is 0 Å². The number of aryl methyl sites for hydroxylation is 1. The number of hydrogen-bond acceptors (Lipinski definition) is 3. The third kappa shape index (κ3) is 3.20. The molecule has 4 nitrogen and oxygen atoms in total. The Morgan fingerprint density at radius 3 is 2.46 bits per heavy atom. The second-order valence-electron chi connectivity index (χ2n) is 6.03. The van der Waals surface area contributed by atoms with Gasteiger partial charge >= 0.3 is 6.18 Å². The number of amides is 1. The highest BCUT2D eigenvalue weighted by Crippen LogP contribution is 2.42. The van der Waals surface area contributed by atoms with Gasteiger partial charge in [0.05, 0.1) is 12.1 Å². The van der Waals surface area contributed by atoms with Crippen LogP contribution < -0.4 is 0 Å². The Balaban J connectivity index is 2.05. The van der Waals surface area contributed by atoms with Crippen molar-refractivity contribution in [1.29, 1.82) is 0 Å². The number of aliphatic hydroxyl groups is 1. The summed E-state index contributed by atoms with van der Waals surface area (Å²) in [5, 5.41) is 14.4. The summed E-state index contributed by atoms with van der Waals surface area (Å²) in [6.45, 7) is 1.83. The largest absolute Gasteiger partial charge is 0.438 e. The Morgan fingerprint density at radius 1 is 1.23 bits per heavy atom. The average Bonchev–Trinajstić information content (AvgIpc) is 2.94. The molecule has 0 unspecified atom stereocenters. The van der Waals surface area contributed by atoms with Gasteiger partial charge in [0.1, 0.15) is 0 Å². The summed E-state index contributed by atoms with van der Waals surface area (Å²) in [6.07, 6.45) is -5.94. The molecule has 1 aliphatic rings. The summed E-state index contributed by atoms with van der Waals surface area (Å²) >= 11 is 5.80. The molecule has 0 radical (unpaired) electrons. The highest BCUT2D eigenvalue weighted by molar-refractivity contribution is 6.31. The number of alkyl halides is 3. The van der Waals surface area contributed by atoms with Gasteiger partial charge in [-0.15, -0.1) is 0 Å². The number of carbonyl (C=O) groups is 1. The normalized spacial score (nSPS) is 20.2. The maximum absolute atomic E-state index is 13.6. The van der Waals surface area contributed by atoms with Gasteiger partial charge in [0, 0.05) is 10.6 Å². The summed E-state index contributed by atoms with van der Waals surface area (Å²) < 4.78 is 40.7. The van der Waals surface area contributed by atoms with Crippen LogP contribution in [0.15, 0.2) is 53.6 Å². The highest BCUT2D eigenvalue weighted by atomic mass is 35.5. The van der Waals surface area contributed by atoms with Crippen LogP contribution in [0.3, 0.4) is 0 Å². The molecular formula is C18H14ClF3N2O2. The van der Waals surface area contributed by atoms with Gasteiger partial charge in [0.25, 0.3) is 11.6 Å². The molecule has 136 valence electrons. The number of benzene rings is 2. The smallest absolute Gasteiger partial charge is 0.362 e. The first-order chi connectivity index (χ1) is 12.1. The van der Waals surface area contributed by atoms with Crippen molar-refractivity contribution in [1.82, 2.24) is 5.01 Å². The zero-order chi connectivity index (χ0) is 19.1. The standard InChI is InChI=1S/C18H14ClF3N2O2/c1-11-5-7-12(8-6-11)15-10-17(26,18(20,21)22)24(23-15)16(25)13-3-2-4-14(19)9-13/h2-9,26H,10H2,1H3/t17-/m1/s1. The lowest BCUT2D eigenvalue weighted by Gasteiger charge is -2.32. The van der Waals surface area contributed by atoms with E-state index in [4.69, 9.17) is 11.6 Å². The van der Waals surface area contributed by atoms with E-state index in [2.05, 4.69) is 5.10 Å². The van der Waals surface area contributed by atoms with Crippen molar-refractivity contribution >= 4 is 23.2 Å². The zero-order valence-electron chi connectivity index (χ0n) is 13.6. The first-order valence-corrected chi connectivity index (χ1v) is 8.03. The van der Waals surface area contributed by atoms with E-state index in [1.165, 1.54) is 24.3 Å². The van der Waals surface area contributed by atoms with Gasteiger partial charge in [-0.25, -0.2) is 0 Å². The fraction of sp³-hybridized carbons (Fsp3) is 0.222. The molecule has 2 aromatic carbocycles. The molecule has 26 heavy (non-hydrogen) atoms. The summed E-state index contributed by atoms with van der Waals surface area (Å²) in [7, 11) is 0. The van der Waals surface area contributed by atoms with Gasteiger partial charge < -0.3 is 5.11 Å². The predicted octanol–water partition coefficient (Wildman–Crippen LogP) is 4.15.